The lowest BCUT2D eigenvalue weighted by atomic mass is 10.2. The Hall–Kier alpha value is -1.39. The first-order valence-electron chi connectivity index (χ1n) is 9.28. The van der Waals surface area contributed by atoms with Gasteiger partial charge in [0.05, 0.1) is 17.3 Å². The number of aryl methyl sites for hydroxylation is 1. The Labute approximate surface area is 174 Å². The molecule has 154 valence electrons. The van der Waals surface area contributed by atoms with Crippen LogP contribution in [0.5, 0.6) is 0 Å². The van der Waals surface area contributed by atoms with Crippen molar-refractivity contribution >= 4 is 43.9 Å². The first-order valence-corrected chi connectivity index (χ1v) is 12.9. The Morgan fingerprint density at radius 1 is 1.39 bits per heavy atom. The molecule has 1 aliphatic rings. The Morgan fingerprint density at radius 3 is 2.79 bits per heavy atom. The van der Waals surface area contributed by atoms with Crippen LogP contribution in [-0.4, -0.2) is 52.8 Å². The molecule has 1 atom stereocenters. The lowest BCUT2D eigenvalue weighted by Crippen LogP contribution is -2.14. The minimum atomic E-state index is -2.97. The van der Waals surface area contributed by atoms with Gasteiger partial charge in [0.1, 0.15) is 0 Å². The third-order valence-electron chi connectivity index (χ3n) is 4.75. The van der Waals surface area contributed by atoms with Gasteiger partial charge in [0, 0.05) is 29.5 Å². The van der Waals surface area contributed by atoms with E-state index in [1.807, 2.05) is 24.5 Å². The molecule has 1 unspecified atom stereocenters. The van der Waals surface area contributed by atoms with Crippen molar-refractivity contribution in [1.29, 1.82) is 0 Å². The van der Waals surface area contributed by atoms with E-state index < -0.39 is 9.84 Å². The highest BCUT2D eigenvalue weighted by Gasteiger charge is 2.31. The summed E-state index contributed by atoms with van der Waals surface area (Å²) in [6.07, 6.45) is 0.609. The van der Waals surface area contributed by atoms with Crippen molar-refractivity contribution in [3.05, 3.63) is 23.0 Å². The van der Waals surface area contributed by atoms with Crippen LogP contribution in [0.1, 0.15) is 48.1 Å². The highest BCUT2D eigenvalue weighted by atomic mass is 32.2. The lowest BCUT2D eigenvalue weighted by Gasteiger charge is -2.16. The fourth-order valence-corrected chi connectivity index (χ4v) is 6.78. The van der Waals surface area contributed by atoms with Crippen molar-refractivity contribution < 1.29 is 13.2 Å². The minimum absolute atomic E-state index is 0.0251. The molecule has 0 saturated carbocycles. The van der Waals surface area contributed by atoms with E-state index in [9.17, 15) is 13.2 Å². The first kappa shape index (κ1) is 21.3. The third-order valence-corrected chi connectivity index (χ3v) is 8.52. The Bertz CT molecular complexity index is 963. The largest absolute Gasteiger partial charge is 0.360 e. The van der Waals surface area contributed by atoms with Crippen LogP contribution in [0.15, 0.2) is 10.4 Å². The van der Waals surface area contributed by atoms with E-state index >= 15 is 0 Å². The van der Waals surface area contributed by atoms with Gasteiger partial charge in [0.2, 0.25) is 5.13 Å². The van der Waals surface area contributed by atoms with Crippen molar-refractivity contribution in [2.75, 3.05) is 29.1 Å². The monoisotopic (exact) mass is 442 g/mol. The van der Waals surface area contributed by atoms with Crippen molar-refractivity contribution in [1.82, 2.24) is 14.8 Å². The number of ketones is 1. The molecule has 2 aromatic rings. The summed E-state index contributed by atoms with van der Waals surface area (Å²) in [5.74, 6) is 1.20. The lowest BCUT2D eigenvalue weighted by molar-refractivity contribution is 0.102. The van der Waals surface area contributed by atoms with E-state index in [4.69, 9.17) is 0 Å². The number of rotatable bonds is 8. The molecule has 0 radical (unpaired) electrons. The van der Waals surface area contributed by atoms with Crippen LogP contribution in [-0.2, 0) is 9.84 Å². The maximum Gasteiger partial charge on any atom is 0.206 e. The van der Waals surface area contributed by atoms with Gasteiger partial charge in [-0.05, 0) is 32.3 Å². The first-order chi connectivity index (χ1) is 13.2. The van der Waals surface area contributed by atoms with Gasteiger partial charge in [-0.25, -0.2) is 8.42 Å². The molecule has 0 bridgehead atoms. The number of carbonyl (C=O) groups is 1. The standard InChI is InChI=1S/C18H26N4O3S3/c1-11(2)8-19-17-20-21-18(27-17)26-9-16(23)15-7-12(3)22(13(15)4)14-5-6-28(24,25)10-14/h7,11,14H,5-6,8-10H2,1-4H3,(H,19,20). The molecule has 1 saturated heterocycles. The SMILES string of the molecule is Cc1cc(C(=O)CSc2nnc(NCC(C)C)s2)c(C)n1C1CCS(=O)(=O)C1. The molecule has 0 spiro atoms. The second kappa shape index (κ2) is 8.54. The number of anilines is 1. The number of nitrogens with one attached hydrogen (secondary N) is 1. The molecule has 1 fully saturated rings. The number of aromatic nitrogens is 3. The topological polar surface area (TPSA) is 93.9 Å². The van der Waals surface area contributed by atoms with E-state index in [-0.39, 0.29) is 29.1 Å². The molecule has 3 heterocycles. The summed E-state index contributed by atoms with van der Waals surface area (Å²) in [6, 6.07) is 1.80. The van der Waals surface area contributed by atoms with Gasteiger partial charge >= 0.3 is 0 Å². The van der Waals surface area contributed by atoms with Gasteiger partial charge in [-0.1, -0.05) is 36.9 Å². The fourth-order valence-electron chi connectivity index (χ4n) is 3.44. The van der Waals surface area contributed by atoms with Crippen LogP contribution in [0.4, 0.5) is 5.13 Å². The molecular formula is C18H26N4O3S3. The molecule has 7 nitrogen and oxygen atoms in total. The number of Topliss-reactive ketones (excluding diaryl/α,β-unsaturated/α-hetero) is 1. The third kappa shape index (κ3) is 4.96. The van der Waals surface area contributed by atoms with Gasteiger partial charge < -0.3 is 9.88 Å². The summed E-state index contributed by atoms with van der Waals surface area (Å²) in [7, 11) is -2.97. The van der Waals surface area contributed by atoms with Crippen LogP contribution in [0.2, 0.25) is 0 Å². The quantitative estimate of drug-likeness (QED) is 0.495. The van der Waals surface area contributed by atoms with E-state index in [1.165, 1.54) is 23.1 Å². The number of thioether (sulfide) groups is 1. The molecule has 0 aromatic carbocycles. The second-order valence-electron chi connectivity index (χ2n) is 7.57. The molecule has 3 rings (SSSR count). The van der Waals surface area contributed by atoms with Crippen molar-refractivity contribution in [3.8, 4) is 0 Å². The minimum Gasteiger partial charge on any atom is -0.360 e. The molecule has 0 aliphatic carbocycles. The molecule has 0 amide bonds. The second-order valence-corrected chi connectivity index (χ2v) is 12.0. The van der Waals surface area contributed by atoms with E-state index in [0.29, 0.717) is 17.9 Å². The van der Waals surface area contributed by atoms with Crippen molar-refractivity contribution in [2.24, 2.45) is 5.92 Å². The smallest absolute Gasteiger partial charge is 0.206 e. The van der Waals surface area contributed by atoms with Crippen LogP contribution < -0.4 is 5.32 Å². The highest BCUT2D eigenvalue weighted by Crippen LogP contribution is 2.31. The number of nitrogens with zero attached hydrogens (tertiary/aromatic N) is 3. The molecule has 1 N–H and O–H groups in total. The summed E-state index contributed by atoms with van der Waals surface area (Å²) in [5, 5.41) is 12.2. The molecular weight excluding hydrogens is 416 g/mol. The zero-order valence-corrected chi connectivity index (χ0v) is 19.0. The Balaban J connectivity index is 1.64. The van der Waals surface area contributed by atoms with Crippen LogP contribution in [0.25, 0.3) is 0 Å². The Kier molecular flexibility index (Phi) is 6.51. The predicted molar refractivity (Wildman–Crippen MR) is 115 cm³/mol. The normalized spacial score (nSPS) is 18.7. The summed E-state index contributed by atoms with van der Waals surface area (Å²) in [5.41, 5.74) is 2.45. The van der Waals surface area contributed by atoms with Crippen LogP contribution in [0, 0.1) is 19.8 Å². The maximum atomic E-state index is 12.8. The molecule has 28 heavy (non-hydrogen) atoms. The average molecular weight is 443 g/mol. The zero-order valence-electron chi connectivity index (χ0n) is 16.6. The average Bonchev–Trinajstić information content (AvgIpc) is 3.28. The van der Waals surface area contributed by atoms with Gasteiger partial charge in [0.25, 0.3) is 0 Å². The molecule has 2 aromatic heterocycles. The van der Waals surface area contributed by atoms with Crippen molar-refractivity contribution in [3.63, 3.8) is 0 Å². The zero-order chi connectivity index (χ0) is 20.5. The van der Waals surface area contributed by atoms with E-state index in [0.717, 1.165) is 27.4 Å². The fraction of sp³-hybridized carbons (Fsp3) is 0.611. The summed E-state index contributed by atoms with van der Waals surface area (Å²) in [6.45, 7) is 8.91. The van der Waals surface area contributed by atoms with Gasteiger partial charge in [-0.3, -0.25) is 4.79 Å². The summed E-state index contributed by atoms with van der Waals surface area (Å²) >= 11 is 2.83. The number of hydrogen-bond donors (Lipinski definition) is 1. The summed E-state index contributed by atoms with van der Waals surface area (Å²) < 4.78 is 26.4. The van der Waals surface area contributed by atoms with E-state index in [1.54, 1.807) is 0 Å². The number of carbonyl (C=O) groups excluding carboxylic acids is 1. The maximum absolute atomic E-state index is 12.8. The van der Waals surface area contributed by atoms with Crippen LogP contribution >= 0.6 is 23.1 Å². The van der Waals surface area contributed by atoms with Gasteiger partial charge in [-0.15, -0.1) is 10.2 Å². The highest BCUT2D eigenvalue weighted by molar-refractivity contribution is 8.01. The molecule has 10 heteroatoms. The number of hydrogen-bond acceptors (Lipinski definition) is 8. The predicted octanol–water partition coefficient (Wildman–Crippen LogP) is 3.36. The Morgan fingerprint density at radius 2 is 2.14 bits per heavy atom. The van der Waals surface area contributed by atoms with Gasteiger partial charge in [-0.2, -0.15) is 0 Å². The molecule has 1 aliphatic heterocycles. The number of sulfone groups is 1. The van der Waals surface area contributed by atoms with Crippen molar-refractivity contribution in [2.45, 2.75) is 44.5 Å². The van der Waals surface area contributed by atoms with Gasteiger partial charge in [0.15, 0.2) is 20.0 Å². The summed E-state index contributed by atoms with van der Waals surface area (Å²) in [4.78, 5) is 12.8. The van der Waals surface area contributed by atoms with Crippen LogP contribution in [0.3, 0.4) is 0 Å². The van der Waals surface area contributed by atoms with E-state index in [2.05, 4.69) is 29.4 Å².